The second-order valence-electron chi connectivity index (χ2n) is 14.3. The van der Waals surface area contributed by atoms with Gasteiger partial charge in [0.1, 0.15) is 23.0 Å². The number of amides is 2. The molecule has 1 saturated heterocycles. The van der Waals surface area contributed by atoms with E-state index in [1.165, 1.54) is 44.2 Å². The van der Waals surface area contributed by atoms with Crippen LogP contribution in [0.2, 0.25) is 0 Å². The van der Waals surface area contributed by atoms with E-state index < -0.39 is 11.6 Å². The smallest absolute Gasteiger partial charge is 0.257 e. The summed E-state index contributed by atoms with van der Waals surface area (Å²) in [6, 6.07) is 7.24. The van der Waals surface area contributed by atoms with Crippen LogP contribution < -0.4 is 20.9 Å². The van der Waals surface area contributed by atoms with Gasteiger partial charge >= 0.3 is 0 Å². The van der Waals surface area contributed by atoms with Crippen LogP contribution in [0, 0.1) is 5.41 Å². The number of carbonyl (C=O) groups excluding carboxylic acids is 2. The standard InChI is InChI=1S/C36H48FN5O4/c1-4-22-18-30(41-31-29(43)11-10-23(32(31)44)21-38-34(46)35(2,3)37)40-27-19-26(33(45)39-24-8-6-5-7-9-24)28(20-25(22)27)42-16-14-36(12-13-36)15-17-42/h10-11,19-20,22,24,43-44H,4-9,12-18,21H2,1-3H3,(H,38,46)(H,39,45)(H,40,41). The molecular formula is C36H48FN5O4. The molecule has 1 spiro atoms. The Morgan fingerprint density at radius 1 is 1.09 bits per heavy atom. The molecular weight excluding hydrogens is 585 g/mol. The normalized spacial score (nSPS) is 21.9. The van der Waals surface area contributed by atoms with Crippen LogP contribution in [-0.2, 0) is 11.3 Å². The number of rotatable bonds is 8. The average molecular weight is 634 g/mol. The van der Waals surface area contributed by atoms with Gasteiger partial charge in [0, 0.05) is 49.0 Å². The monoisotopic (exact) mass is 633 g/mol. The summed E-state index contributed by atoms with van der Waals surface area (Å²) in [7, 11) is 0. The first-order valence-corrected chi connectivity index (χ1v) is 17.1. The third kappa shape index (κ3) is 6.81. The van der Waals surface area contributed by atoms with Crippen molar-refractivity contribution in [3.63, 3.8) is 0 Å². The van der Waals surface area contributed by atoms with Crippen LogP contribution in [0.4, 0.5) is 21.5 Å². The fraction of sp³-hybridized carbons (Fsp3) is 0.583. The number of anilines is 2. The Morgan fingerprint density at radius 2 is 1.80 bits per heavy atom. The molecule has 6 rings (SSSR count). The first-order chi connectivity index (χ1) is 22.0. The number of phenolic OH excluding ortho intramolecular Hbond substituents is 2. The minimum absolute atomic E-state index is 0.0266. The Hall–Kier alpha value is -3.82. The molecule has 2 saturated carbocycles. The molecule has 4 aliphatic rings. The molecule has 1 atom stereocenters. The van der Waals surface area contributed by atoms with E-state index >= 15 is 0 Å². The Balaban J connectivity index is 1.31. The molecule has 248 valence electrons. The van der Waals surface area contributed by atoms with Crippen LogP contribution in [0.3, 0.4) is 0 Å². The Kier molecular flexibility index (Phi) is 8.91. The number of hydrogen-bond donors (Lipinski definition) is 5. The van der Waals surface area contributed by atoms with Gasteiger partial charge in [0.05, 0.1) is 5.56 Å². The minimum Gasteiger partial charge on any atom is -0.506 e. The van der Waals surface area contributed by atoms with Gasteiger partial charge in [-0.3, -0.25) is 9.59 Å². The van der Waals surface area contributed by atoms with E-state index in [1.54, 1.807) is 0 Å². The van der Waals surface area contributed by atoms with Gasteiger partial charge in [-0.2, -0.15) is 0 Å². The Bertz CT molecular complexity index is 1510. The van der Waals surface area contributed by atoms with Crippen LogP contribution >= 0.6 is 0 Å². The Morgan fingerprint density at radius 3 is 2.46 bits per heavy atom. The van der Waals surface area contributed by atoms with Gasteiger partial charge in [-0.1, -0.05) is 26.2 Å². The summed E-state index contributed by atoms with van der Waals surface area (Å²) in [5.74, 6) is -0.682. The van der Waals surface area contributed by atoms with E-state index in [0.29, 0.717) is 28.8 Å². The van der Waals surface area contributed by atoms with Crippen LogP contribution in [0.25, 0.3) is 0 Å². The molecule has 10 heteroatoms. The molecule has 2 aromatic carbocycles. The molecule has 3 fully saturated rings. The number of aromatic hydroxyl groups is 2. The molecule has 0 aromatic heterocycles. The van der Waals surface area contributed by atoms with E-state index in [-0.39, 0.29) is 41.6 Å². The quantitative estimate of drug-likeness (QED) is 0.214. The third-order valence-electron chi connectivity index (χ3n) is 10.6. The highest BCUT2D eigenvalue weighted by molar-refractivity contribution is 6.06. The first kappa shape index (κ1) is 32.1. The number of benzene rings is 2. The van der Waals surface area contributed by atoms with Crippen LogP contribution in [0.1, 0.15) is 119 Å². The van der Waals surface area contributed by atoms with Gasteiger partial charge in [0.2, 0.25) is 0 Å². The van der Waals surface area contributed by atoms with Gasteiger partial charge in [-0.05, 0) is 100.0 Å². The highest BCUT2D eigenvalue weighted by atomic mass is 19.1. The summed E-state index contributed by atoms with van der Waals surface area (Å²) >= 11 is 0. The van der Waals surface area contributed by atoms with Crippen molar-refractivity contribution < 1.29 is 24.2 Å². The molecule has 46 heavy (non-hydrogen) atoms. The number of nitrogens with one attached hydrogen (secondary N) is 3. The highest BCUT2D eigenvalue weighted by Gasteiger charge is 2.45. The summed E-state index contributed by atoms with van der Waals surface area (Å²) in [6.07, 6.45) is 11.9. The van der Waals surface area contributed by atoms with E-state index in [9.17, 15) is 24.2 Å². The minimum atomic E-state index is -2.07. The molecule has 0 bridgehead atoms. The van der Waals surface area contributed by atoms with Crippen molar-refractivity contribution in [2.75, 3.05) is 23.3 Å². The predicted octanol–water partition coefficient (Wildman–Crippen LogP) is 6.94. The van der Waals surface area contributed by atoms with Crippen molar-refractivity contribution in [3.05, 3.63) is 41.0 Å². The fourth-order valence-corrected chi connectivity index (χ4v) is 7.27. The van der Waals surface area contributed by atoms with Crippen molar-refractivity contribution in [1.82, 2.24) is 10.6 Å². The number of nitrogens with zero attached hydrogens (tertiary/aromatic N) is 2. The number of piperidine rings is 1. The molecule has 9 nitrogen and oxygen atoms in total. The lowest BCUT2D eigenvalue weighted by Gasteiger charge is -2.37. The van der Waals surface area contributed by atoms with Gasteiger partial charge in [-0.15, -0.1) is 0 Å². The van der Waals surface area contributed by atoms with Crippen molar-refractivity contribution in [2.24, 2.45) is 10.4 Å². The van der Waals surface area contributed by atoms with Crippen LogP contribution in [0.15, 0.2) is 29.3 Å². The van der Waals surface area contributed by atoms with E-state index in [1.807, 2.05) is 6.07 Å². The van der Waals surface area contributed by atoms with Crippen molar-refractivity contribution in [3.8, 4) is 11.5 Å². The van der Waals surface area contributed by atoms with Gasteiger partial charge in [-0.25, -0.2) is 9.38 Å². The highest BCUT2D eigenvalue weighted by Crippen LogP contribution is 2.54. The third-order valence-corrected chi connectivity index (χ3v) is 10.6. The lowest BCUT2D eigenvalue weighted by Crippen LogP contribution is -2.39. The maximum atomic E-state index is 14.0. The number of halogens is 1. The van der Waals surface area contributed by atoms with E-state index in [2.05, 4.69) is 38.8 Å². The number of fused-ring (bicyclic) bond motifs is 1. The number of phenols is 2. The first-order valence-electron chi connectivity index (χ1n) is 17.1. The lowest BCUT2D eigenvalue weighted by atomic mass is 9.85. The van der Waals surface area contributed by atoms with Crippen molar-refractivity contribution >= 4 is 34.7 Å². The summed E-state index contributed by atoms with van der Waals surface area (Å²) in [5, 5.41) is 30.9. The molecule has 2 aliphatic heterocycles. The van der Waals surface area contributed by atoms with Crippen molar-refractivity contribution in [1.29, 1.82) is 0 Å². The molecule has 2 heterocycles. The second-order valence-corrected chi connectivity index (χ2v) is 14.3. The molecule has 1 unspecified atom stereocenters. The maximum Gasteiger partial charge on any atom is 0.257 e. The summed E-state index contributed by atoms with van der Waals surface area (Å²) in [4.78, 5) is 33.0. The van der Waals surface area contributed by atoms with Crippen LogP contribution in [0.5, 0.6) is 11.5 Å². The molecule has 2 aliphatic carbocycles. The molecule has 0 radical (unpaired) electrons. The molecule has 5 N–H and O–H groups in total. The second kappa shape index (κ2) is 12.8. The fourth-order valence-electron chi connectivity index (χ4n) is 7.27. The lowest BCUT2D eigenvalue weighted by molar-refractivity contribution is -0.130. The summed E-state index contributed by atoms with van der Waals surface area (Å²) < 4.78 is 14.0. The van der Waals surface area contributed by atoms with Gasteiger partial charge in [0.15, 0.2) is 5.67 Å². The number of aliphatic imine (C=N–C) groups is 1. The number of hydrogen-bond acceptors (Lipinski definition) is 6. The average Bonchev–Trinajstić information content (AvgIpc) is 3.80. The number of amidine groups is 1. The predicted molar refractivity (Wildman–Crippen MR) is 179 cm³/mol. The zero-order valence-corrected chi connectivity index (χ0v) is 27.3. The van der Waals surface area contributed by atoms with Gasteiger partial charge in [0.25, 0.3) is 11.8 Å². The summed E-state index contributed by atoms with van der Waals surface area (Å²) in [6.45, 7) is 6.25. The molecule has 2 aromatic rings. The number of carbonyl (C=O) groups is 2. The van der Waals surface area contributed by atoms with E-state index in [4.69, 9.17) is 0 Å². The maximum absolute atomic E-state index is 14.0. The van der Waals surface area contributed by atoms with Gasteiger partial charge < -0.3 is 31.1 Å². The Labute approximate surface area is 271 Å². The topological polar surface area (TPSA) is 126 Å². The summed E-state index contributed by atoms with van der Waals surface area (Å²) in [5.41, 5.74) is 2.35. The SMILES string of the molecule is CCC1CC(=Nc2c(O)ccc(CNC(=O)C(C)(C)F)c2O)Nc2cc(C(=O)NC3CCCCC3)c(N3CCC4(CC3)CC4)cc21. The zero-order valence-electron chi connectivity index (χ0n) is 27.3. The molecule has 2 amide bonds. The van der Waals surface area contributed by atoms with E-state index in [0.717, 1.165) is 76.0 Å². The van der Waals surface area contributed by atoms with Crippen molar-refractivity contribution in [2.45, 2.75) is 116 Å². The number of alkyl halides is 1. The zero-order chi connectivity index (χ0) is 32.6. The van der Waals surface area contributed by atoms with Crippen LogP contribution in [-0.4, -0.2) is 52.7 Å². The largest absolute Gasteiger partial charge is 0.506 e.